The van der Waals surface area contributed by atoms with Crippen LogP contribution in [0.2, 0.25) is 0 Å². The Bertz CT molecular complexity index is 700. The van der Waals surface area contributed by atoms with E-state index >= 15 is 0 Å². The Morgan fingerprint density at radius 3 is 2.79 bits per heavy atom. The third-order valence-electron chi connectivity index (χ3n) is 4.10. The fourth-order valence-electron chi connectivity index (χ4n) is 2.88. The van der Waals surface area contributed by atoms with Gasteiger partial charge in [0.15, 0.2) is 0 Å². The van der Waals surface area contributed by atoms with Gasteiger partial charge in [-0.1, -0.05) is 18.2 Å². The summed E-state index contributed by atoms with van der Waals surface area (Å²) in [6.07, 6.45) is 3.14. The highest BCUT2D eigenvalue weighted by atomic mass is 32.1. The summed E-state index contributed by atoms with van der Waals surface area (Å²) in [5.74, 6) is -0.371. The van der Waals surface area contributed by atoms with Crippen LogP contribution in [0.1, 0.15) is 24.0 Å². The summed E-state index contributed by atoms with van der Waals surface area (Å²) >= 11 is 1.62. The smallest absolute Gasteiger partial charge is 0.257 e. The number of amides is 2. The van der Waals surface area contributed by atoms with E-state index in [1.54, 1.807) is 11.3 Å². The normalized spacial score (nSPS) is 13.2. The van der Waals surface area contributed by atoms with Gasteiger partial charge in [-0.2, -0.15) is 11.3 Å². The standard InChI is InChI=1S/C18H21N3O2S/c22-17(8-7-14-9-11-24-13-14)19-20-18(23)12-21-10-3-5-15-4-1-2-6-16(15)21/h1-2,4,6,9,11,13H,3,5,7-8,10,12H2,(H,19,22)(H,20,23). The Balaban J connectivity index is 1.44. The fourth-order valence-corrected chi connectivity index (χ4v) is 3.59. The molecule has 0 bridgehead atoms. The number of fused-ring (bicyclic) bond motifs is 1. The van der Waals surface area contributed by atoms with Gasteiger partial charge in [-0.3, -0.25) is 20.4 Å². The van der Waals surface area contributed by atoms with Crippen LogP contribution < -0.4 is 15.8 Å². The molecule has 2 heterocycles. The second kappa shape index (κ2) is 7.97. The van der Waals surface area contributed by atoms with Crippen LogP contribution >= 0.6 is 11.3 Å². The third kappa shape index (κ3) is 4.35. The molecule has 0 spiro atoms. The second-order valence-electron chi connectivity index (χ2n) is 5.88. The van der Waals surface area contributed by atoms with E-state index in [0.717, 1.165) is 30.6 Å². The van der Waals surface area contributed by atoms with Crippen LogP contribution in [0.4, 0.5) is 5.69 Å². The number of nitrogens with zero attached hydrogens (tertiary/aromatic N) is 1. The molecule has 0 atom stereocenters. The van der Waals surface area contributed by atoms with Crippen LogP contribution in [0.15, 0.2) is 41.1 Å². The molecule has 1 aliphatic rings. The van der Waals surface area contributed by atoms with Gasteiger partial charge in [-0.05, 0) is 53.3 Å². The number of hydrazine groups is 1. The van der Waals surface area contributed by atoms with Crippen LogP contribution in [-0.2, 0) is 22.4 Å². The van der Waals surface area contributed by atoms with Gasteiger partial charge >= 0.3 is 0 Å². The van der Waals surface area contributed by atoms with Gasteiger partial charge < -0.3 is 4.90 Å². The average Bonchev–Trinajstić information content (AvgIpc) is 3.12. The molecule has 1 aromatic carbocycles. The van der Waals surface area contributed by atoms with Crippen LogP contribution in [0.3, 0.4) is 0 Å². The second-order valence-corrected chi connectivity index (χ2v) is 6.66. The van der Waals surface area contributed by atoms with Gasteiger partial charge in [-0.15, -0.1) is 0 Å². The Labute approximate surface area is 145 Å². The van der Waals surface area contributed by atoms with Crippen molar-refractivity contribution in [1.29, 1.82) is 0 Å². The number of benzene rings is 1. The molecule has 3 rings (SSSR count). The Morgan fingerprint density at radius 1 is 1.12 bits per heavy atom. The lowest BCUT2D eigenvalue weighted by atomic mass is 10.0. The summed E-state index contributed by atoms with van der Waals surface area (Å²) in [5, 5.41) is 4.02. The van der Waals surface area contributed by atoms with Gasteiger partial charge in [-0.25, -0.2) is 0 Å². The molecule has 1 aromatic heterocycles. The molecular formula is C18H21N3O2S. The molecule has 2 amide bonds. The zero-order valence-corrected chi connectivity index (χ0v) is 14.3. The maximum atomic E-state index is 12.1. The third-order valence-corrected chi connectivity index (χ3v) is 4.84. The SMILES string of the molecule is O=C(CCc1ccsc1)NNC(=O)CN1CCCc2ccccc21. The van der Waals surface area contributed by atoms with Gasteiger partial charge in [0.1, 0.15) is 0 Å². The van der Waals surface area contributed by atoms with Crippen molar-refractivity contribution in [2.24, 2.45) is 0 Å². The summed E-state index contributed by atoms with van der Waals surface area (Å²) in [6, 6.07) is 10.2. The molecule has 5 nitrogen and oxygen atoms in total. The van der Waals surface area contributed by atoms with E-state index in [-0.39, 0.29) is 18.4 Å². The van der Waals surface area contributed by atoms with E-state index in [9.17, 15) is 9.59 Å². The lowest BCUT2D eigenvalue weighted by Crippen LogP contribution is -2.47. The first-order valence-electron chi connectivity index (χ1n) is 8.14. The minimum Gasteiger partial charge on any atom is -0.362 e. The number of nitrogens with one attached hydrogen (secondary N) is 2. The quantitative estimate of drug-likeness (QED) is 0.819. The molecule has 0 unspecified atom stereocenters. The van der Waals surface area contributed by atoms with Crippen molar-refractivity contribution in [3.63, 3.8) is 0 Å². The molecule has 0 fully saturated rings. The van der Waals surface area contributed by atoms with Gasteiger partial charge in [0.25, 0.3) is 5.91 Å². The van der Waals surface area contributed by atoms with E-state index in [2.05, 4.69) is 21.8 Å². The number of aryl methyl sites for hydroxylation is 2. The summed E-state index contributed by atoms with van der Waals surface area (Å²) in [6.45, 7) is 1.11. The molecule has 0 aliphatic carbocycles. The number of hydrogen-bond donors (Lipinski definition) is 2. The molecule has 2 aromatic rings. The van der Waals surface area contributed by atoms with Gasteiger partial charge in [0.05, 0.1) is 6.54 Å². The van der Waals surface area contributed by atoms with Gasteiger partial charge in [0.2, 0.25) is 5.91 Å². The summed E-state index contributed by atoms with van der Waals surface area (Å²) in [5.41, 5.74) is 8.54. The van der Waals surface area contributed by atoms with E-state index in [4.69, 9.17) is 0 Å². The van der Waals surface area contributed by atoms with Crippen LogP contribution in [-0.4, -0.2) is 24.9 Å². The highest BCUT2D eigenvalue weighted by molar-refractivity contribution is 7.07. The fraction of sp³-hybridized carbons (Fsp3) is 0.333. The van der Waals surface area contributed by atoms with Gasteiger partial charge in [0, 0.05) is 18.7 Å². The van der Waals surface area contributed by atoms with Crippen molar-refractivity contribution in [2.45, 2.75) is 25.7 Å². The number of carbonyl (C=O) groups is 2. The van der Waals surface area contributed by atoms with E-state index in [0.29, 0.717) is 12.8 Å². The Hall–Kier alpha value is -2.34. The molecule has 0 saturated carbocycles. The molecular weight excluding hydrogens is 322 g/mol. The molecule has 2 N–H and O–H groups in total. The van der Waals surface area contributed by atoms with Crippen molar-refractivity contribution in [2.75, 3.05) is 18.0 Å². The lowest BCUT2D eigenvalue weighted by molar-refractivity contribution is -0.128. The zero-order chi connectivity index (χ0) is 16.8. The van der Waals surface area contributed by atoms with Crippen LogP contribution in [0.25, 0.3) is 0 Å². The van der Waals surface area contributed by atoms with Crippen molar-refractivity contribution in [1.82, 2.24) is 10.9 Å². The first-order chi connectivity index (χ1) is 11.7. The maximum absolute atomic E-state index is 12.1. The highest BCUT2D eigenvalue weighted by Gasteiger charge is 2.18. The lowest BCUT2D eigenvalue weighted by Gasteiger charge is -2.30. The largest absolute Gasteiger partial charge is 0.362 e. The zero-order valence-electron chi connectivity index (χ0n) is 13.5. The van der Waals surface area contributed by atoms with Crippen molar-refractivity contribution < 1.29 is 9.59 Å². The number of anilines is 1. The van der Waals surface area contributed by atoms with E-state index < -0.39 is 0 Å². The van der Waals surface area contributed by atoms with E-state index in [1.807, 2.05) is 35.0 Å². The molecule has 0 saturated heterocycles. The monoisotopic (exact) mass is 343 g/mol. The minimum absolute atomic E-state index is 0.173. The van der Waals surface area contributed by atoms with Crippen molar-refractivity contribution in [3.05, 3.63) is 52.2 Å². The minimum atomic E-state index is -0.199. The molecule has 126 valence electrons. The first kappa shape index (κ1) is 16.5. The number of para-hydroxylation sites is 1. The summed E-state index contributed by atoms with van der Waals surface area (Å²) in [7, 11) is 0. The van der Waals surface area contributed by atoms with E-state index in [1.165, 1.54) is 5.56 Å². The van der Waals surface area contributed by atoms with Crippen molar-refractivity contribution >= 4 is 28.8 Å². The Kier molecular flexibility index (Phi) is 5.48. The number of hydrogen-bond acceptors (Lipinski definition) is 4. The molecule has 1 aliphatic heterocycles. The predicted molar refractivity (Wildman–Crippen MR) is 95.9 cm³/mol. The number of rotatable bonds is 5. The number of carbonyl (C=O) groups excluding carboxylic acids is 2. The maximum Gasteiger partial charge on any atom is 0.257 e. The van der Waals surface area contributed by atoms with Crippen LogP contribution in [0.5, 0.6) is 0 Å². The topological polar surface area (TPSA) is 61.4 Å². The highest BCUT2D eigenvalue weighted by Crippen LogP contribution is 2.26. The van der Waals surface area contributed by atoms with Crippen molar-refractivity contribution in [3.8, 4) is 0 Å². The first-order valence-corrected chi connectivity index (χ1v) is 9.08. The average molecular weight is 343 g/mol. The molecule has 6 heteroatoms. The number of thiophene rings is 1. The van der Waals surface area contributed by atoms with Crippen LogP contribution in [0, 0.1) is 0 Å². The summed E-state index contributed by atoms with van der Waals surface area (Å²) in [4.78, 5) is 26.0. The molecule has 0 radical (unpaired) electrons. The molecule has 24 heavy (non-hydrogen) atoms. The Morgan fingerprint density at radius 2 is 1.96 bits per heavy atom. The predicted octanol–water partition coefficient (Wildman–Crippen LogP) is 2.28. The summed E-state index contributed by atoms with van der Waals surface area (Å²) < 4.78 is 0.